The van der Waals surface area contributed by atoms with E-state index in [4.69, 9.17) is 0 Å². The van der Waals surface area contributed by atoms with Gasteiger partial charge in [-0.3, -0.25) is 0 Å². The Hall–Kier alpha value is 0.210. The third-order valence-electron chi connectivity index (χ3n) is 4.05. The highest BCUT2D eigenvalue weighted by Crippen LogP contribution is 2.34. The van der Waals surface area contributed by atoms with E-state index in [9.17, 15) is 0 Å². The monoisotopic (exact) mass is 246 g/mol. The van der Waals surface area contributed by atoms with Gasteiger partial charge in [-0.1, -0.05) is 19.3 Å². The number of likely N-dealkylation sites (N-methyl/N-ethyl adjacent to an activating group) is 1. The van der Waals surface area contributed by atoms with Gasteiger partial charge >= 0.3 is 0 Å². The fraction of sp³-hybridized carbons (Fsp3) is 1.00. The maximum atomic E-state index is 3.78. The molecule has 2 aliphatic rings. The highest BCUT2D eigenvalue weighted by molar-refractivity contribution is 5.85. The molecule has 2 nitrogen and oxygen atoms in total. The van der Waals surface area contributed by atoms with Gasteiger partial charge in [0.05, 0.1) is 0 Å². The SMILES string of the molecule is CN(C)C(CNC1CCCCC1)C1CC1.Cl. The summed E-state index contributed by atoms with van der Waals surface area (Å²) in [4.78, 5) is 2.41. The summed E-state index contributed by atoms with van der Waals surface area (Å²) in [6, 6.07) is 1.60. The van der Waals surface area contributed by atoms with Crippen LogP contribution in [0.1, 0.15) is 44.9 Å². The Labute approximate surface area is 107 Å². The molecule has 2 rings (SSSR count). The molecule has 1 unspecified atom stereocenters. The van der Waals surface area contributed by atoms with Crippen LogP contribution in [-0.2, 0) is 0 Å². The normalized spacial score (nSPS) is 24.2. The van der Waals surface area contributed by atoms with Crippen LogP contribution in [0.15, 0.2) is 0 Å². The van der Waals surface area contributed by atoms with Gasteiger partial charge in [-0.25, -0.2) is 0 Å². The van der Waals surface area contributed by atoms with Gasteiger partial charge in [0, 0.05) is 18.6 Å². The van der Waals surface area contributed by atoms with Gasteiger partial charge in [0.25, 0.3) is 0 Å². The first-order valence-corrected chi connectivity index (χ1v) is 6.67. The summed E-state index contributed by atoms with van der Waals surface area (Å²) in [6.45, 7) is 1.21. The summed E-state index contributed by atoms with van der Waals surface area (Å²) >= 11 is 0. The van der Waals surface area contributed by atoms with E-state index in [-0.39, 0.29) is 12.4 Å². The number of hydrogen-bond donors (Lipinski definition) is 1. The van der Waals surface area contributed by atoms with Crippen molar-refractivity contribution in [2.75, 3.05) is 20.6 Å². The standard InChI is InChI=1S/C13H26N2.ClH/c1-15(2)13(11-8-9-11)10-14-12-6-4-3-5-7-12;/h11-14H,3-10H2,1-2H3;1H. The third kappa shape index (κ3) is 4.23. The molecule has 0 aromatic rings. The molecule has 1 atom stereocenters. The first kappa shape index (κ1) is 14.3. The van der Waals surface area contributed by atoms with Crippen LogP contribution in [0.3, 0.4) is 0 Å². The molecule has 0 aromatic heterocycles. The molecule has 96 valence electrons. The number of nitrogens with one attached hydrogen (secondary N) is 1. The fourth-order valence-corrected chi connectivity index (χ4v) is 2.85. The molecule has 0 saturated heterocycles. The molecule has 0 bridgehead atoms. The summed E-state index contributed by atoms with van der Waals surface area (Å²) in [6.07, 6.45) is 10.1. The van der Waals surface area contributed by atoms with Crippen molar-refractivity contribution in [3.8, 4) is 0 Å². The number of halogens is 1. The lowest BCUT2D eigenvalue weighted by molar-refractivity contribution is 0.238. The average Bonchev–Trinajstić information content (AvgIpc) is 3.03. The topological polar surface area (TPSA) is 15.3 Å². The van der Waals surface area contributed by atoms with Gasteiger partial charge in [-0.15, -0.1) is 12.4 Å². The van der Waals surface area contributed by atoms with Crippen LogP contribution < -0.4 is 5.32 Å². The Kier molecular flexibility index (Phi) is 6.09. The first-order chi connectivity index (χ1) is 7.27. The zero-order valence-corrected chi connectivity index (χ0v) is 11.6. The van der Waals surface area contributed by atoms with Crippen molar-refractivity contribution in [3.05, 3.63) is 0 Å². The Morgan fingerprint density at radius 3 is 2.19 bits per heavy atom. The average molecular weight is 247 g/mol. The minimum absolute atomic E-state index is 0. The molecule has 0 aliphatic heterocycles. The van der Waals surface area contributed by atoms with Crippen LogP contribution >= 0.6 is 12.4 Å². The second-order valence-corrected chi connectivity index (χ2v) is 5.61. The zero-order valence-electron chi connectivity index (χ0n) is 10.7. The first-order valence-electron chi connectivity index (χ1n) is 6.67. The molecule has 2 fully saturated rings. The maximum Gasteiger partial charge on any atom is 0.0242 e. The third-order valence-corrected chi connectivity index (χ3v) is 4.05. The lowest BCUT2D eigenvalue weighted by Gasteiger charge is -2.29. The van der Waals surface area contributed by atoms with E-state index >= 15 is 0 Å². The minimum atomic E-state index is 0. The van der Waals surface area contributed by atoms with Crippen LogP contribution in [0.25, 0.3) is 0 Å². The number of rotatable bonds is 5. The van der Waals surface area contributed by atoms with Crippen LogP contribution in [0.2, 0.25) is 0 Å². The Balaban J connectivity index is 0.00000128. The predicted octanol–water partition coefficient (Wildman–Crippen LogP) is 2.67. The van der Waals surface area contributed by atoms with Crippen molar-refractivity contribution in [2.45, 2.75) is 57.0 Å². The van der Waals surface area contributed by atoms with E-state index in [0.717, 1.165) is 18.0 Å². The highest BCUT2D eigenvalue weighted by atomic mass is 35.5. The van der Waals surface area contributed by atoms with Crippen molar-refractivity contribution in [2.24, 2.45) is 5.92 Å². The fourth-order valence-electron chi connectivity index (χ4n) is 2.85. The van der Waals surface area contributed by atoms with Crippen molar-refractivity contribution >= 4 is 12.4 Å². The number of hydrogen-bond acceptors (Lipinski definition) is 2. The van der Waals surface area contributed by atoms with Gasteiger partial charge in [-0.2, -0.15) is 0 Å². The predicted molar refractivity (Wildman–Crippen MR) is 72.3 cm³/mol. The molecule has 2 saturated carbocycles. The molecule has 0 heterocycles. The highest BCUT2D eigenvalue weighted by Gasteiger charge is 2.32. The molecule has 3 heteroatoms. The van der Waals surface area contributed by atoms with E-state index in [0.29, 0.717) is 0 Å². The summed E-state index contributed by atoms with van der Waals surface area (Å²) in [7, 11) is 4.46. The van der Waals surface area contributed by atoms with E-state index in [2.05, 4.69) is 24.3 Å². The smallest absolute Gasteiger partial charge is 0.0242 e. The molecular formula is C13H27ClN2. The molecular weight excluding hydrogens is 220 g/mol. The van der Waals surface area contributed by atoms with Crippen LogP contribution in [0.5, 0.6) is 0 Å². The van der Waals surface area contributed by atoms with E-state index < -0.39 is 0 Å². The van der Waals surface area contributed by atoms with Crippen LogP contribution in [0, 0.1) is 5.92 Å². The molecule has 0 radical (unpaired) electrons. The van der Waals surface area contributed by atoms with Crippen molar-refractivity contribution in [3.63, 3.8) is 0 Å². The Morgan fingerprint density at radius 2 is 1.69 bits per heavy atom. The molecule has 2 aliphatic carbocycles. The molecule has 16 heavy (non-hydrogen) atoms. The molecule has 1 N–H and O–H groups in total. The summed E-state index contributed by atoms with van der Waals surface area (Å²) in [5.74, 6) is 0.982. The summed E-state index contributed by atoms with van der Waals surface area (Å²) in [5.41, 5.74) is 0. The second kappa shape index (κ2) is 6.83. The van der Waals surface area contributed by atoms with E-state index in [1.165, 1.54) is 51.5 Å². The minimum Gasteiger partial charge on any atom is -0.312 e. The Morgan fingerprint density at radius 1 is 1.06 bits per heavy atom. The van der Waals surface area contributed by atoms with Gasteiger partial charge in [0.1, 0.15) is 0 Å². The molecule has 0 amide bonds. The lowest BCUT2D eigenvalue weighted by Crippen LogP contribution is -2.43. The van der Waals surface area contributed by atoms with Gasteiger partial charge in [0.2, 0.25) is 0 Å². The number of nitrogens with zero attached hydrogens (tertiary/aromatic N) is 1. The Bertz CT molecular complexity index is 184. The van der Waals surface area contributed by atoms with Crippen LogP contribution in [-0.4, -0.2) is 37.6 Å². The van der Waals surface area contributed by atoms with Crippen LogP contribution in [0.4, 0.5) is 0 Å². The van der Waals surface area contributed by atoms with Gasteiger partial charge in [-0.05, 0) is 45.7 Å². The lowest BCUT2D eigenvalue weighted by atomic mass is 9.95. The molecule has 0 aromatic carbocycles. The van der Waals surface area contributed by atoms with E-state index in [1.807, 2.05) is 0 Å². The largest absolute Gasteiger partial charge is 0.312 e. The van der Waals surface area contributed by atoms with E-state index in [1.54, 1.807) is 0 Å². The summed E-state index contributed by atoms with van der Waals surface area (Å²) in [5, 5.41) is 3.78. The van der Waals surface area contributed by atoms with Crippen molar-refractivity contribution in [1.82, 2.24) is 10.2 Å². The zero-order chi connectivity index (χ0) is 10.7. The quantitative estimate of drug-likeness (QED) is 0.803. The van der Waals surface area contributed by atoms with Gasteiger partial charge in [0.15, 0.2) is 0 Å². The molecule has 0 spiro atoms. The summed E-state index contributed by atoms with van der Waals surface area (Å²) < 4.78 is 0. The van der Waals surface area contributed by atoms with Gasteiger partial charge < -0.3 is 10.2 Å². The second-order valence-electron chi connectivity index (χ2n) is 5.61. The maximum absolute atomic E-state index is 3.78. The van der Waals surface area contributed by atoms with Crippen molar-refractivity contribution in [1.29, 1.82) is 0 Å². The van der Waals surface area contributed by atoms with Crippen molar-refractivity contribution < 1.29 is 0 Å².